The van der Waals surface area contributed by atoms with Crippen molar-refractivity contribution in [3.63, 3.8) is 0 Å². The van der Waals surface area contributed by atoms with Gasteiger partial charge < -0.3 is 16.0 Å². The van der Waals surface area contributed by atoms with Gasteiger partial charge >= 0.3 is 0 Å². The number of H-pyrrole nitrogens is 1. The van der Waals surface area contributed by atoms with Gasteiger partial charge in [0.15, 0.2) is 0 Å². The third-order valence-electron chi connectivity index (χ3n) is 2.97. The van der Waals surface area contributed by atoms with Crippen LogP contribution >= 0.6 is 0 Å². The lowest BCUT2D eigenvalue weighted by Gasteiger charge is -2.17. The van der Waals surface area contributed by atoms with Crippen LogP contribution in [0.15, 0.2) is 24.5 Å². The second-order valence-electron chi connectivity index (χ2n) is 5.52. The van der Waals surface area contributed by atoms with Crippen LogP contribution in [0, 0.1) is 0 Å². The van der Waals surface area contributed by atoms with E-state index in [4.69, 9.17) is 5.73 Å². The first-order valence-electron chi connectivity index (χ1n) is 6.42. The van der Waals surface area contributed by atoms with E-state index in [2.05, 4.69) is 15.3 Å². The second kappa shape index (κ2) is 5.40. The Morgan fingerprint density at radius 3 is 3.00 bits per heavy atom. The number of carbonyl (C=O) groups is 1. The van der Waals surface area contributed by atoms with Crippen molar-refractivity contribution in [1.29, 1.82) is 0 Å². The molecule has 2 rings (SSSR count). The van der Waals surface area contributed by atoms with E-state index in [1.54, 1.807) is 6.33 Å². The standard InChI is InChI=1S/C14H20N4O/c1-14(2,15)6-5-13(19)16-8-10-3-4-11-12(7-10)18-9-17-11/h3-4,7,9H,5-6,8,15H2,1-2H3,(H,16,19)(H,17,18). The number of imidazole rings is 1. The van der Waals surface area contributed by atoms with Gasteiger partial charge in [0.1, 0.15) is 0 Å². The maximum absolute atomic E-state index is 11.7. The predicted molar refractivity (Wildman–Crippen MR) is 75.4 cm³/mol. The predicted octanol–water partition coefficient (Wildman–Crippen LogP) is 1.70. The highest BCUT2D eigenvalue weighted by Crippen LogP contribution is 2.11. The molecule has 0 atom stereocenters. The molecule has 0 radical (unpaired) electrons. The molecule has 5 nitrogen and oxygen atoms in total. The minimum absolute atomic E-state index is 0.0308. The van der Waals surface area contributed by atoms with Gasteiger partial charge in [0.25, 0.3) is 0 Å². The summed E-state index contributed by atoms with van der Waals surface area (Å²) in [7, 11) is 0. The molecule has 2 aromatic rings. The molecule has 0 unspecified atom stereocenters. The highest BCUT2D eigenvalue weighted by molar-refractivity contribution is 5.77. The normalized spacial score (nSPS) is 11.7. The molecule has 0 saturated carbocycles. The van der Waals surface area contributed by atoms with Crippen LogP contribution in [0.3, 0.4) is 0 Å². The van der Waals surface area contributed by atoms with Crippen LogP contribution in [-0.2, 0) is 11.3 Å². The van der Waals surface area contributed by atoms with Gasteiger partial charge in [-0.2, -0.15) is 0 Å². The van der Waals surface area contributed by atoms with Crippen molar-refractivity contribution < 1.29 is 4.79 Å². The highest BCUT2D eigenvalue weighted by atomic mass is 16.1. The number of aromatic amines is 1. The Morgan fingerprint density at radius 1 is 1.47 bits per heavy atom. The molecular weight excluding hydrogens is 240 g/mol. The smallest absolute Gasteiger partial charge is 0.220 e. The lowest BCUT2D eigenvalue weighted by molar-refractivity contribution is -0.121. The van der Waals surface area contributed by atoms with Gasteiger partial charge in [-0.05, 0) is 38.0 Å². The number of nitrogens with two attached hydrogens (primary N) is 1. The average Bonchev–Trinajstić information content (AvgIpc) is 2.80. The molecule has 0 spiro atoms. The van der Waals surface area contributed by atoms with Crippen molar-refractivity contribution in [1.82, 2.24) is 15.3 Å². The SMILES string of the molecule is CC(C)(N)CCC(=O)NCc1ccc2nc[nH]c2c1. The Morgan fingerprint density at radius 2 is 2.26 bits per heavy atom. The van der Waals surface area contributed by atoms with Gasteiger partial charge in [-0.1, -0.05) is 6.07 Å². The van der Waals surface area contributed by atoms with E-state index in [-0.39, 0.29) is 11.4 Å². The zero-order chi connectivity index (χ0) is 13.9. The lowest BCUT2D eigenvalue weighted by atomic mass is 10.00. The van der Waals surface area contributed by atoms with Crippen molar-refractivity contribution in [2.45, 2.75) is 38.8 Å². The molecule has 0 aliphatic heterocycles. The van der Waals surface area contributed by atoms with E-state index in [1.165, 1.54) is 0 Å². The first-order chi connectivity index (χ1) is 8.94. The molecule has 0 bridgehead atoms. The Hall–Kier alpha value is -1.88. The fourth-order valence-electron chi connectivity index (χ4n) is 1.82. The highest BCUT2D eigenvalue weighted by Gasteiger charge is 2.12. The number of nitrogens with zero attached hydrogens (tertiary/aromatic N) is 1. The Labute approximate surface area is 112 Å². The van der Waals surface area contributed by atoms with E-state index in [0.29, 0.717) is 19.4 Å². The Kier molecular flexibility index (Phi) is 3.85. The number of nitrogens with one attached hydrogen (secondary N) is 2. The van der Waals surface area contributed by atoms with Crippen LogP contribution in [0.4, 0.5) is 0 Å². The van der Waals surface area contributed by atoms with Crippen molar-refractivity contribution in [2.75, 3.05) is 0 Å². The summed E-state index contributed by atoms with van der Waals surface area (Å²) < 4.78 is 0. The molecule has 0 aliphatic carbocycles. The summed E-state index contributed by atoms with van der Waals surface area (Å²) in [6.07, 6.45) is 2.80. The quantitative estimate of drug-likeness (QED) is 0.765. The molecule has 0 fully saturated rings. The number of hydrogen-bond donors (Lipinski definition) is 3. The lowest BCUT2D eigenvalue weighted by Crippen LogP contribution is -2.34. The van der Waals surface area contributed by atoms with Crippen LogP contribution in [0.25, 0.3) is 11.0 Å². The van der Waals surface area contributed by atoms with Crippen molar-refractivity contribution in [2.24, 2.45) is 5.73 Å². The molecule has 1 aromatic carbocycles. The maximum atomic E-state index is 11.7. The molecule has 1 amide bonds. The summed E-state index contributed by atoms with van der Waals surface area (Å²) in [6, 6.07) is 5.90. The molecule has 5 heteroatoms. The molecule has 0 aliphatic rings. The van der Waals surface area contributed by atoms with Crippen LogP contribution in [0.5, 0.6) is 0 Å². The Balaban J connectivity index is 1.86. The van der Waals surface area contributed by atoms with E-state index >= 15 is 0 Å². The van der Waals surface area contributed by atoms with E-state index in [1.807, 2.05) is 32.0 Å². The van der Waals surface area contributed by atoms with Crippen molar-refractivity contribution >= 4 is 16.9 Å². The minimum Gasteiger partial charge on any atom is -0.352 e. The van der Waals surface area contributed by atoms with Gasteiger partial charge in [-0.25, -0.2) is 4.98 Å². The average molecular weight is 260 g/mol. The molecule has 0 saturated heterocycles. The number of amides is 1. The topological polar surface area (TPSA) is 83.8 Å². The molecule has 1 heterocycles. The molecule has 19 heavy (non-hydrogen) atoms. The van der Waals surface area contributed by atoms with Crippen LogP contribution in [0.2, 0.25) is 0 Å². The van der Waals surface area contributed by atoms with E-state index < -0.39 is 0 Å². The Bertz CT molecular complexity index is 568. The molecular formula is C14H20N4O. The zero-order valence-corrected chi connectivity index (χ0v) is 11.4. The number of fused-ring (bicyclic) bond motifs is 1. The van der Waals surface area contributed by atoms with E-state index in [0.717, 1.165) is 16.6 Å². The third-order valence-corrected chi connectivity index (χ3v) is 2.97. The minimum atomic E-state index is -0.299. The fourth-order valence-corrected chi connectivity index (χ4v) is 1.82. The van der Waals surface area contributed by atoms with Crippen LogP contribution in [-0.4, -0.2) is 21.4 Å². The number of hydrogen-bond acceptors (Lipinski definition) is 3. The summed E-state index contributed by atoms with van der Waals surface area (Å²) in [5.74, 6) is 0.0308. The van der Waals surface area contributed by atoms with Crippen LogP contribution < -0.4 is 11.1 Å². The van der Waals surface area contributed by atoms with Gasteiger partial charge in [0, 0.05) is 18.5 Å². The van der Waals surface area contributed by atoms with Crippen LogP contribution in [0.1, 0.15) is 32.3 Å². The number of carbonyl (C=O) groups excluding carboxylic acids is 1. The number of benzene rings is 1. The van der Waals surface area contributed by atoms with Gasteiger partial charge in [-0.15, -0.1) is 0 Å². The van der Waals surface area contributed by atoms with Gasteiger partial charge in [-0.3, -0.25) is 4.79 Å². The largest absolute Gasteiger partial charge is 0.352 e. The molecule has 102 valence electrons. The van der Waals surface area contributed by atoms with Gasteiger partial charge in [0.2, 0.25) is 5.91 Å². The molecule has 1 aromatic heterocycles. The summed E-state index contributed by atoms with van der Waals surface area (Å²) in [5, 5.41) is 2.90. The fraction of sp³-hybridized carbons (Fsp3) is 0.429. The summed E-state index contributed by atoms with van der Waals surface area (Å²) in [4.78, 5) is 18.9. The zero-order valence-electron chi connectivity index (χ0n) is 11.4. The number of aromatic nitrogens is 2. The third kappa shape index (κ3) is 4.06. The maximum Gasteiger partial charge on any atom is 0.220 e. The number of rotatable bonds is 5. The first-order valence-corrected chi connectivity index (χ1v) is 6.42. The molecule has 4 N–H and O–H groups in total. The van der Waals surface area contributed by atoms with Crippen molar-refractivity contribution in [3.8, 4) is 0 Å². The first kappa shape index (κ1) is 13.5. The second-order valence-corrected chi connectivity index (χ2v) is 5.52. The summed E-state index contributed by atoms with van der Waals surface area (Å²) in [6.45, 7) is 4.37. The summed E-state index contributed by atoms with van der Waals surface area (Å²) in [5.41, 5.74) is 8.52. The summed E-state index contributed by atoms with van der Waals surface area (Å²) >= 11 is 0. The van der Waals surface area contributed by atoms with Gasteiger partial charge in [0.05, 0.1) is 17.4 Å². The van der Waals surface area contributed by atoms with Crippen molar-refractivity contribution in [3.05, 3.63) is 30.1 Å². The van der Waals surface area contributed by atoms with E-state index in [9.17, 15) is 4.79 Å². The monoisotopic (exact) mass is 260 g/mol.